The van der Waals surface area contributed by atoms with Crippen LogP contribution in [0.2, 0.25) is 0 Å². The van der Waals surface area contributed by atoms with Gasteiger partial charge in [-0.05, 0) is 29.8 Å². The van der Waals surface area contributed by atoms with Gasteiger partial charge in [-0.3, -0.25) is 4.79 Å². The van der Waals surface area contributed by atoms with Gasteiger partial charge in [-0.2, -0.15) is 0 Å². The molecule has 0 bridgehead atoms. The molecule has 0 saturated carbocycles. The van der Waals surface area contributed by atoms with Gasteiger partial charge in [0.05, 0.1) is 18.4 Å². The zero-order valence-corrected chi connectivity index (χ0v) is 12.7. The summed E-state index contributed by atoms with van der Waals surface area (Å²) in [5.74, 6) is 0.564. The highest BCUT2D eigenvalue weighted by Gasteiger charge is 2.07. The smallest absolute Gasteiger partial charge is 0.254 e. The minimum absolute atomic E-state index is 0.295. The van der Waals surface area contributed by atoms with Gasteiger partial charge in [-0.25, -0.2) is 14.4 Å². The largest absolute Gasteiger partial charge is 0.467 e. The molecule has 0 aliphatic rings. The van der Waals surface area contributed by atoms with Gasteiger partial charge >= 0.3 is 0 Å². The van der Waals surface area contributed by atoms with Gasteiger partial charge in [-0.1, -0.05) is 12.1 Å². The average molecular weight is 326 g/mol. The number of anilines is 1. The van der Waals surface area contributed by atoms with Crippen molar-refractivity contribution in [2.24, 2.45) is 0 Å². The van der Waals surface area contributed by atoms with E-state index in [4.69, 9.17) is 4.42 Å². The summed E-state index contributed by atoms with van der Waals surface area (Å²) in [6.07, 6.45) is 4.47. The van der Waals surface area contributed by atoms with Gasteiger partial charge < -0.3 is 15.1 Å². The summed E-state index contributed by atoms with van der Waals surface area (Å²) in [5.41, 5.74) is 1.16. The SMILES string of the molecule is O=C(NCc1ccc(F)cc1)c1cnc(NCc2ccco2)nc1. The van der Waals surface area contributed by atoms with Gasteiger partial charge in [0.2, 0.25) is 5.95 Å². The van der Waals surface area contributed by atoms with Gasteiger partial charge in [0.1, 0.15) is 11.6 Å². The van der Waals surface area contributed by atoms with E-state index in [-0.39, 0.29) is 11.7 Å². The molecule has 1 amide bonds. The van der Waals surface area contributed by atoms with Crippen LogP contribution in [-0.4, -0.2) is 15.9 Å². The first-order valence-electron chi connectivity index (χ1n) is 7.31. The molecule has 0 aliphatic heterocycles. The lowest BCUT2D eigenvalue weighted by Gasteiger charge is -2.06. The van der Waals surface area contributed by atoms with E-state index in [2.05, 4.69) is 20.6 Å². The van der Waals surface area contributed by atoms with E-state index in [0.717, 1.165) is 11.3 Å². The van der Waals surface area contributed by atoms with E-state index in [1.54, 1.807) is 24.5 Å². The molecule has 3 rings (SSSR count). The Kier molecular flexibility index (Phi) is 4.81. The van der Waals surface area contributed by atoms with Gasteiger partial charge in [0.25, 0.3) is 5.91 Å². The first kappa shape index (κ1) is 15.7. The van der Waals surface area contributed by atoms with E-state index < -0.39 is 0 Å². The van der Waals surface area contributed by atoms with Crippen LogP contribution in [0.5, 0.6) is 0 Å². The predicted octanol–water partition coefficient (Wildman–Crippen LogP) is 2.75. The molecule has 3 aromatic rings. The van der Waals surface area contributed by atoms with Crippen LogP contribution in [0.15, 0.2) is 59.5 Å². The van der Waals surface area contributed by atoms with Crippen LogP contribution < -0.4 is 10.6 Å². The number of carbonyl (C=O) groups excluding carboxylic acids is 1. The van der Waals surface area contributed by atoms with Crippen LogP contribution in [0, 0.1) is 5.82 Å². The number of benzene rings is 1. The van der Waals surface area contributed by atoms with Crippen LogP contribution in [0.4, 0.5) is 10.3 Å². The van der Waals surface area contributed by atoms with E-state index in [0.29, 0.717) is 24.6 Å². The van der Waals surface area contributed by atoms with Crippen molar-refractivity contribution in [3.05, 3.63) is 77.8 Å². The Morgan fingerprint density at radius 3 is 2.50 bits per heavy atom. The lowest BCUT2D eigenvalue weighted by molar-refractivity contribution is 0.0950. The number of hydrogen-bond donors (Lipinski definition) is 2. The third-order valence-electron chi connectivity index (χ3n) is 3.28. The normalized spacial score (nSPS) is 10.4. The molecular weight excluding hydrogens is 311 g/mol. The molecule has 0 fully saturated rings. The van der Waals surface area contributed by atoms with Crippen LogP contribution in [0.25, 0.3) is 0 Å². The summed E-state index contributed by atoms with van der Waals surface area (Å²) < 4.78 is 18.0. The second-order valence-corrected chi connectivity index (χ2v) is 5.04. The second-order valence-electron chi connectivity index (χ2n) is 5.04. The van der Waals surface area contributed by atoms with E-state index in [9.17, 15) is 9.18 Å². The Hall–Kier alpha value is -3.22. The summed E-state index contributed by atoms with van der Waals surface area (Å²) in [7, 11) is 0. The maximum atomic E-state index is 12.8. The lowest BCUT2D eigenvalue weighted by Crippen LogP contribution is -2.23. The van der Waals surface area contributed by atoms with E-state index in [1.807, 2.05) is 6.07 Å². The highest BCUT2D eigenvalue weighted by atomic mass is 19.1. The lowest BCUT2D eigenvalue weighted by atomic mass is 10.2. The summed E-state index contributed by atoms with van der Waals surface area (Å²) in [5, 5.41) is 5.72. The van der Waals surface area contributed by atoms with Crippen molar-refractivity contribution in [1.29, 1.82) is 0 Å². The van der Waals surface area contributed by atoms with Crippen molar-refractivity contribution < 1.29 is 13.6 Å². The topological polar surface area (TPSA) is 80.0 Å². The quantitative estimate of drug-likeness (QED) is 0.728. The molecule has 1 aromatic carbocycles. The Morgan fingerprint density at radius 1 is 1.08 bits per heavy atom. The number of nitrogens with one attached hydrogen (secondary N) is 2. The van der Waals surface area contributed by atoms with Gasteiger partial charge in [0, 0.05) is 18.9 Å². The number of aromatic nitrogens is 2. The summed E-state index contributed by atoms with van der Waals surface area (Å²) in [6.45, 7) is 0.765. The number of carbonyl (C=O) groups is 1. The fourth-order valence-electron chi connectivity index (χ4n) is 2.00. The molecule has 0 atom stereocenters. The van der Waals surface area contributed by atoms with Crippen molar-refractivity contribution in [1.82, 2.24) is 15.3 Å². The Bertz CT molecular complexity index is 786. The molecule has 2 N–H and O–H groups in total. The molecule has 0 radical (unpaired) electrons. The monoisotopic (exact) mass is 326 g/mol. The van der Waals surface area contributed by atoms with Crippen LogP contribution in [0.1, 0.15) is 21.7 Å². The molecule has 2 aromatic heterocycles. The van der Waals surface area contributed by atoms with Crippen molar-refractivity contribution in [3.8, 4) is 0 Å². The standard InChI is InChI=1S/C17H15FN4O2/c18-14-5-3-12(4-6-14)8-19-16(23)13-9-20-17(21-10-13)22-11-15-2-1-7-24-15/h1-7,9-10H,8,11H2,(H,19,23)(H,20,21,22). The highest BCUT2D eigenvalue weighted by molar-refractivity contribution is 5.93. The minimum atomic E-state index is -0.309. The summed E-state index contributed by atoms with van der Waals surface area (Å²) >= 11 is 0. The third kappa shape index (κ3) is 4.16. The summed E-state index contributed by atoms with van der Waals surface area (Å²) in [4.78, 5) is 20.2. The maximum Gasteiger partial charge on any atom is 0.254 e. The Morgan fingerprint density at radius 2 is 1.83 bits per heavy atom. The first-order valence-corrected chi connectivity index (χ1v) is 7.31. The molecule has 0 unspecified atom stereocenters. The number of nitrogens with zero attached hydrogens (tertiary/aromatic N) is 2. The summed E-state index contributed by atoms with van der Waals surface area (Å²) in [6, 6.07) is 9.58. The third-order valence-corrected chi connectivity index (χ3v) is 3.28. The van der Waals surface area contributed by atoms with Crippen LogP contribution in [0.3, 0.4) is 0 Å². The Labute approximate surface area is 137 Å². The zero-order valence-electron chi connectivity index (χ0n) is 12.7. The fourth-order valence-corrected chi connectivity index (χ4v) is 2.00. The molecule has 122 valence electrons. The highest BCUT2D eigenvalue weighted by Crippen LogP contribution is 2.06. The van der Waals surface area contributed by atoms with Crippen molar-refractivity contribution in [3.63, 3.8) is 0 Å². The average Bonchev–Trinajstić information content (AvgIpc) is 3.13. The fraction of sp³-hybridized carbons (Fsp3) is 0.118. The van der Waals surface area contributed by atoms with Crippen LogP contribution >= 0.6 is 0 Å². The van der Waals surface area contributed by atoms with E-state index >= 15 is 0 Å². The predicted molar refractivity (Wildman–Crippen MR) is 85.6 cm³/mol. The number of hydrogen-bond acceptors (Lipinski definition) is 5. The van der Waals surface area contributed by atoms with Gasteiger partial charge in [0.15, 0.2) is 0 Å². The van der Waals surface area contributed by atoms with Crippen LogP contribution in [-0.2, 0) is 13.1 Å². The van der Waals surface area contributed by atoms with Gasteiger partial charge in [-0.15, -0.1) is 0 Å². The minimum Gasteiger partial charge on any atom is -0.467 e. The van der Waals surface area contributed by atoms with E-state index in [1.165, 1.54) is 24.5 Å². The number of furan rings is 1. The number of rotatable bonds is 6. The number of amides is 1. The molecule has 0 spiro atoms. The maximum absolute atomic E-state index is 12.8. The molecule has 2 heterocycles. The van der Waals surface area contributed by atoms with Crippen molar-refractivity contribution in [2.45, 2.75) is 13.1 Å². The molecule has 24 heavy (non-hydrogen) atoms. The number of halogens is 1. The molecular formula is C17H15FN4O2. The molecule has 7 heteroatoms. The van der Waals surface area contributed by atoms with Crippen molar-refractivity contribution >= 4 is 11.9 Å². The second kappa shape index (κ2) is 7.36. The van der Waals surface area contributed by atoms with Crippen molar-refractivity contribution in [2.75, 3.05) is 5.32 Å². The zero-order chi connectivity index (χ0) is 16.8. The molecule has 0 aliphatic carbocycles. The molecule has 6 nitrogen and oxygen atoms in total. The Balaban J connectivity index is 1.52. The molecule has 0 saturated heterocycles. The first-order chi connectivity index (χ1) is 11.7.